The number of rotatable bonds is 4. The monoisotopic (exact) mass is 390 g/mol. The average molecular weight is 391 g/mol. The van der Waals surface area contributed by atoms with Gasteiger partial charge in [0.25, 0.3) is 5.91 Å². The molecule has 2 aromatic heterocycles. The number of β-amino-alcohol motifs (C(OH)–C–C–N with tert-alkyl or cyclic N) is 1. The van der Waals surface area contributed by atoms with Gasteiger partial charge in [0.2, 0.25) is 0 Å². The predicted octanol–water partition coefficient (Wildman–Crippen LogP) is 1.72. The van der Waals surface area contributed by atoms with E-state index in [-0.39, 0.29) is 11.8 Å². The highest BCUT2D eigenvalue weighted by Crippen LogP contribution is 2.39. The summed E-state index contributed by atoms with van der Waals surface area (Å²) in [6.07, 6.45) is 5.70. The number of carbonyl (C=O) groups excluding carboxylic acids is 1. The van der Waals surface area contributed by atoms with Crippen LogP contribution in [0.1, 0.15) is 40.4 Å². The molecule has 0 spiro atoms. The van der Waals surface area contributed by atoms with Gasteiger partial charge in [0.05, 0.1) is 10.5 Å². The molecule has 0 aromatic carbocycles. The van der Waals surface area contributed by atoms with Crippen molar-refractivity contribution in [1.29, 1.82) is 0 Å². The van der Waals surface area contributed by atoms with Gasteiger partial charge in [-0.3, -0.25) is 14.7 Å². The zero-order chi connectivity index (χ0) is 19.0. The Bertz CT molecular complexity index is 831. The number of amides is 1. The van der Waals surface area contributed by atoms with Crippen LogP contribution in [0.4, 0.5) is 0 Å². The lowest BCUT2D eigenvalue weighted by molar-refractivity contribution is -0.0773. The van der Waals surface area contributed by atoms with Crippen molar-refractivity contribution in [2.24, 2.45) is 0 Å². The zero-order valence-corrected chi connectivity index (χ0v) is 16.7. The van der Waals surface area contributed by atoms with Gasteiger partial charge in [0.15, 0.2) is 0 Å². The van der Waals surface area contributed by atoms with Gasteiger partial charge in [-0.25, -0.2) is 4.98 Å². The van der Waals surface area contributed by atoms with E-state index >= 15 is 0 Å². The molecule has 7 nitrogen and oxygen atoms in total. The van der Waals surface area contributed by atoms with Gasteiger partial charge in [-0.1, -0.05) is 0 Å². The van der Waals surface area contributed by atoms with E-state index in [2.05, 4.69) is 14.9 Å². The van der Waals surface area contributed by atoms with E-state index in [1.54, 1.807) is 31.4 Å². The first kappa shape index (κ1) is 18.7. The minimum atomic E-state index is -0.661. The molecule has 0 unspecified atom stereocenters. The molecule has 1 amide bonds. The number of hydrogen-bond acceptors (Lipinski definition) is 7. The van der Waals surface area contributed by atoms with Crippen LogP contribution in [0.5, 0.6) is 0 Å². The summed E-state index contributed by atoms with van der Waals surface area (Å²) in [5, 5.41) is 10.8. The predicted molar refractivity (Wildman–Crippen MR) is 104 cm³/mol. The van der Waals surface area contributed by atoms with Gasteiger partial charge >= 0.3 is 0 Å². The summed E-state index contributed by atoms with van der Waals surface area (Å²) in [6, 6.07) is 0. The van der Waals surface area contributed by atoms with Crippen molar-refractivity contribution in [2.75, 3.05) is 46.9 Å². The lowest BCUT2D eigenvalue weighted by Gasteiger charge is -2.35. The van der Waals surface area contributed by atoms with Crippen LogP contribution >= 0.6 is 11.3 Å². The second-order valence-electron chi connectivity index (χ2n) is 7.81. The molecule has 2 aliphatic heterocycles. The summed E-state index contributed by atoms with van der Waals surface area (Å²) in [7, 11) is 3.55. The molecule has 0 radical (unpaired) electrons. The summed E-state index contributed by atoms with van der Waals surface area (Å²) in [5.74, 6) is 0.245. The highest BCUT2D eigenvalue weighted by Gasteiger charge is 2.37. The Labute approximate surface area is 163 Å². The van der Waals surface area contributed by atoms with Crippen LogP contribution in [-0.4, -0.2) is 83.3 Å². The number of aromatic nitrogens is 2. The molecule has 1 atom stereocenters. The van der Waals surface area contributed by atoms with Crippen molar-refractivity contribution in [1.82, 2.24) is 19.8 Å². The Morgan fingerprint density at radius 1 is 1.37 bits per heavy atom. The summed E-state index contributed by atoms with van der Waals surface area (Å²) < 4.78 is 5.39. The van der Waals surface area contributed by atoms with Crippen molar-refractivity contribution in [2.45, 2.75) is 30.8 Å². The van der Waals surface area contributed by atoms with Gasteiger partial charge in [-0.2, -0.15) is 0 Å². The fourth-order valence-electron chi connectivity index (χ4n) is 4.12. The van der Waals surface area contributed by atoms with Gasteiger partial charge in [0, 0.05) is 77.1 Å². The summed E-state index contributed by atoms with van der Waals surface area (Å²) in [6.45, 7) is 3.66. The maximum Gasteiger partial charge on any atom is 0.263 e. The van der Waals surface area contributed by atoms with E-state index < -0.39 is 5.60 Å². The Morgan fingerprint density at radius 3 is 2.85 bits per heavy atom. The smallest absolute Gasteiger partial charge is 0.263 e. The molecular formula is C19H26N4O3S. The van der Waals surface area contributed by atoms with Gasteiger partial charge < -0.3 is 14.7 Å². The third-order valence-corrected chi connectivity index (χ3v) is 6.68. The van der Waals surface area contributed by atoms with Crippen LogP contribution in [0.15, 0.2) is 12.4 Å². The first-order valence-corrected chi connectivity index (χ1v) is 10.3. The van der Waals surface area contributed by atoms with Gasteiger partial charge in [0.1, 0.15) is 10.3 Å². The molecule has 2 fully saturated rings. The Kier molecular flexibility index (Phi) is 5.15. The number of likely N-dealkylation sites (tertiary alicyclic amines) is 1. The lowest BCUT2D eigenvalue weighted by atomic mass is 9.93. The number of carbonyl (C=O) groups is 1. The Hall–Kier alpha value is -1.61. The van der Waals surface area contributed by atoms with Crippen LogP contribution in [0.25, 0.3) is 10.3 Å². The Balaban J connectivity index is 1.59. The van der Waals surface area contributed by atoms with E-state index in [9.17, 15) is 9.90 Å². The number of fused-ring (bicyclic) bond motifs is 1. The zero-order valence-electron chi connectivity index (χ0n) is 15.8. The molecule has 2 aliphatic rings. The first-order chi connectivity index (χ1) is 13.0. The Morgan fingerprint density at radius 2 is 2.11 bits per heavy atom. The largest absolute Gasteiger partial charge is 0.388 e. The van der Waals surface area contributed by atoms with Crippen LogP contribution < -0.4 is 0 Å². The molecule has 146 valence electrons. The van der Waals surface area contributed by atoms with Crippen LogP contribution in [0.3, 0.4) is 0 Å². The maximum atomic E-state index is 12.8. The molecule has 4 rings (SSSR count). The minimum absolute atomic E-state index is 0.0105. The summed E-state index contributed by atoms with van der Waals surface area (Å²) in [5.41, 5.74) is 1.22. The summed E-state index contributed by atoms with van der Waals surface area (Å²) in [4.78, 5) is 27.2. The minimum Gasteiger partial charge on any atom is -0.388 e. The van der Waals surface area contributed by atoms with Gasteiger partial charge in [-0.05, 0) is 13.0 Å². The van der Waals surface area contributed by atoms with Crippen molar-refractivity contribution < 1.29 is 14.6 Å². The normalized spacial score (nSPS) is 23.0. The molecule has 2 aromatic rings. The van der Waals surface area contributed by atoms with Crippen LogP contribution in [0.2, 0.25) is 0 Å². The number of hydrogen-bond donors (Lipinski definition) is 1. The molecule has 0 aliphatic carbocycles. The number of thiophene rings is 1. The molecule has 27 heavy (non-hydrogen) atoms. The topological polar surface area (TPSA) is 78.8 Å². The van der Waals surface area contributed by atoms with Crippen molar-refractivity contribution in [3.8, 4) is 0 Å². The fourth-order valence-corrected chi connectivity index (χ4v) is 5.33. The highest BCUT2D eigenvalue weighted by molar-refractivity contribution is 7.20. The quantitative estimate of drug-likeness (QED) is 0.857. The van der Waals surface area contributed by atoms with Crippen LogP contribution in [-0.2, 0) is 4.74 Å². The van der Waals surface area contributed by atoms with E-state index in [1.165, 1.54) is 11.3 Å². The van der Waals surface area contributed by atoms with Crippen molar-refractivity contribution in [3.63, 3.8) is 0 Å². The number of nitrogens with zero attached hydrogens (tertiary/aromatic N) is 4. The second-order valence-corrected chi connectivity index (χ2v) is 8.81. The summed E-state index contributed by atoms with van der Waals surface area (Å²) >= 11 is 1.43. The molecule has 1 N–H and O–H groups in total. The fraction of sp³-hybridized carbons (Fsp3) is 0.632. The molecule has 2 saturated heterocycles. The standard InChI is InChI=1S/C19H26N4O3S/c1-22(2)18(24)16-14(15-17(27-16)21-7-6-20-15)13-3-8-23(11-13)12-19(25)4-9-26-10-5-19/h6-7,13,25H,3-5,8-12H2,1-2H3/t13-/m0/s1. The first-order valence-electron chi connectivity index (χ1n) is 9.44. The highest BCUT2D eigenvalue weighted by atomic mass is 32.1. The second kappa shape index (κ2) is 7.43. The van der Waals surface area contributed by atoms with Gasteiger partial charge in [-0.15, -0.1) is 11.3 Å². The third-order valence-electron chi connectivity index (χ3n) is 5.59. The van der Waals surface area contributed by atoms with E-state index in [0.29, 0.717) is 32.6 Å². The molecular weight excluding hydrogens is 364 g/mol. The van der Waals surface area contributed by atoms with Crippen LogP contribution in [0, 0.1) is 0 Å². The van der Waals surface area contributed by atoms with E-state index in [4.69, 9.17) is 4.74 Å². The number of ether oxygens (including phenoxy) is 1. The average Bonchev–Trinajstić information content (AvgIpc) is 3.25. The third kappa shape index (κ3) is 3.71. The van der Waals surface area contributed by atoms with Crippen molar-refractivity contribution in [3.05, 3.63) is 22.8 Å². The van der Waals surface area contributed by atoms with Crippen molar-refractivity contribution >= 4 is 27.6 Å². The molecule has 0 saturated carbocycles. The number of aliphatic hydroxyl groups is 1. The molecule has 8 heteroatoms. The molecule has 4 heterocycles. The SMILES string of the molecule is CN(C)C(=O)c1sc2nccnc2c1[C@H]1CCN(CC2(O)CCOCC2)C1. The molecule has 0 bridgehead atoms. The maximum absolute atomic E-state index is 12.8. The lowest BCUT2D eigenvalue weighted by Crippen LogP contribution is -2.46. The van der Waals surface area contributed by atoms with E-state index in [0.717, 1.165) is 40.3 Å². The van der Waals surface area contributed by atoms with E-state index in [1.807, 2.05) is 0 Å².